The number of hydroxylamine groups is 1. The van der Waals surface area contributed by atoms with Crippen molar-refractivity contribution in [2.45, 2.75) is 11.4 Å². The maximum Gasteiger partial charge on any atom is 0.266 e. The molecule has 1 aliphatic heterocycles. The largest absolute Gasteiger partial charge is 0.336 e. The van der Waals surface area contributed by atoms with E-state index >= 15 is 0 Å². The van der Waals surface area contributed by atoms with Gasteiger partial charge in [-0.3, -0.25) is 19.5 Å². The number of sulfonamides is 1. The van der Waals surface area contributed by atoms with E-state index in [1.807, 2.05) is 12.1 Å². The van der Waals surface area contributed by atoms with Crippen LogP contribution in [0.5, 0.6) is 0 Å². The number of aromatic nitrogens is 1. The summed E-state index contributed by atoms with van der Waals surface area (Å²) in [6.45, 7) is 3.40. The molecule has 1 amide bonds. The van der Waals surface area contributed by atoms with Gasteiger partial charge in [0.1, 0.15) is 4.90 Å². The van der Waals surface area contributed by atoms with Crippen molar-refractivity contribution in [2.24, 2.45) is 0 Å². The maximum absolute atomic E-state index is 12.9. The van der Waals surface area contributed by atoms with Crippen molar-refractivity contribution in [3.8, 4) is 0 Å². The van der Waals surface area contributed by atoms with E-state index < -0.39 is 10.0 Å². The summed E-state index contributed by atoms with van der Waals surface area (Å²) in [6, 6.07) is 8.22. The number of pyridine rings is 1. The zero-order chi connectivity index (χ0) is 21.0. The van der Waals surface area contributed by atoms with Crippen molar-refractivity contribution in [2.75, 3.05) is 40.3 Å². The van der Waals surface area contributed by atoms with Crippen LogP contribution in [0.2, 0.25) is 5.02 Å². The fourth-order valence-corrected chi connectivity index (χ4v) is 4.58. The van der Waals surface area contributed by atoms with Gasteiger partial charge >= 0.3 is 0 Å². The quantitative estimate of drug-likeness (QED) is 0.640. The molecule has 1 saturated heterocycles. The second-order valence-corrected chi connectivity index (χ2v) is 8.98. The van der Waals surface area contributed by atoms with Gasteiger partial charge in [-0.15, -0.1) is 0 Å². The highest BCUT2D eigenvalue weighted by molar-refractivity contribution is 7.89. The highest BCUT2D eigenvalue weighted by atomic mass is 35.5. The summed E-state index contributed by atoms with van der Waals surface area (Å²) in [7, 11) is -1.45. The SMILES string of the molecule is CON(C)S(=O)(=O)c1cc(C(=O)N2CCN(Cc3ccncc3)CC2)ccc1Cl. The molecule has 1 fully saturated rings. The highest BCUT2D eigenvalue weighted by Crippen LogP contribution is 2.26. The van der Waals surface area contributed by atoms with Crippen LogP contribution >= 0.6 is 11.6 Å². The lowest BCUT2D eigenvalue weighted by Crippen LogP contribution is -2.48. The van der Waals surface area contributed by atoms with Gasteiger partial charge < -0.3 is 4.90 Å². The number of hydrogen-bond acceptors (Lipinski definition) is 6. The van der Waals surface area contributed by atoms with Crippen molar-refractivity contribution < 1.29 is 18.0 Å². The summed E-state index contributed by atoms with van der Waals surface area (Å²) in [5, 5.41) is 0.0348. The summed E-state index contributed by atoms with van der Waals surface area (Å²) < 4.78 is 25.8. The van der Waals surface area contributed by atoms with Crippen LogP contribution in [-0.4, -0.2) is 73.9 Å². The van der Waals surface area contributed by atoms with Crippen molar-refractivity contribution >= 4 is 27.5 Å². The minimum absolute atomic E-state index is 0.0348. The summed E-state index contributed by atoms with van der Waals surface area (Å²) in [5.74, 6) is -0.221. The van der Waals surface area contributed by atoms with E-state index in [0.717, 1.165) is 19.6 Å². The molecule has 1 aliphatic rings. The zero-order valence-electron chi connectivity index (χ0n) is 16.3. The molecule has 0 spiro atoms. The van der Waals surface area contributed by atoms with Gasteiger partial charge in [-0.05, 0) is 35.9 Å². The van der Waals surface area contributed by atoms with Crippen molar-refractivity contribution in [1.29, 1.82) is 0 Å². The van der Waals surface area contributed by atoms with Gasteiger partial charge in [0, 0.05) is 57.7 Å². The van der Waals surface area contributed by atoms with Gasteiger partial charge in [-0.25, -0.2) is 8.42 Å². The first-order valence-corrected chi connectivity index (χ1v) is 10.9. The third kappa shape index (κ3) is 4.93. The number of nitrogens with zero attached hydrogens (tertiary/aromatic N) is 4. The molecule has 0 saturated carbocycles. The van der Waals surface area contributed by atoms with E-state index in [-0.39, 0.29) is 21.4 Å². The van der Waals surface area contributed by atoms with Crippen molar-refractivity contribution in [1.82, 2.24) is 19.3 Å². The normalized spacial score (nSPS) is 15.7. The molecule has 3 rings (SSSR count). The molecule has 8 nitrogen and oxygen atoms in total. The number of carbonyl (C=O) groups is 1. The fraction of sp³-hybridized carbons (Fsp3) is 0.368. The lowest BCUT2D eigenvalue weighted by molar-refractivity contribution is -0.0258. The highest BCUT2D eigenvalue weighted by Gasteiger charge is 2.27. The molecular weight excluding hydrogens is 416 g/mol. The molecule has 1 aromatic heterocycles. The maximum atomic E-state index is 12.9. The van der Waals surface area contributed by atoms with Crippen LogP contribution in [0, 0.1) is 0 Å². The third-order valence-corrected chi connectivity index (χ3v) is 7.03. The first-order chi connectivity index (χ1) is 13.8. The Morgan fingerprint density at radius 1 is 1.17 bits per heavy atom. The molecule has 10 heteroatoms. The summed E-state index contributed by atoms with van der Waals surface area (Å²) in [4.78, 5) is 25.5. The molecule has 0 atom stereocenters. The Morgan fingerprint density at radius 2 is 1.83 bits per heavy atom. The van der Waals surface area contributed by atoms with Crippen LogP contribution in [0.4, 0.5) is 0 Å². The average molecular weight is 439 g/mol. The molecular formula is C19H23ClN4O4S. The van der Waals surface area contributed by atoms with Gasteiger partial charge in [0.25, 0.3) is 15.9 Å². The molecule has 156 valence electrons. The van der Waals surface area contributed by atoms with Crippen LogP contribution in [0.15, 0.2) is 47.6 Å². The smallest absolute Gasteiger partial charge is 0.266 e. The summed E-state index contributed by atoms with van der Waals surface area (Å²) in [5.41, 5.74) is 1.45. The number of hydrogen-bond donors (Lipinski definition) is 0. The first kappa shape index (κ1) is 21.7. The number of amides is 1. The molecule has 2 heterocycles. The Hall–Kier alpha value is -2.04. The zero-order valence-corrected chi connectivity index (χ0v) is 17.9. The van der Waals surface area contributed by atoms with Crippen LogP contribution in [0.25, 0.3) is 0 Å². The number of rotatable bonds is 6. The van der Waals surface area contributed by atoms with Gasteiger partial charge in [-0.1, -0.05) is 16.1 Å². The average Bonchev–Trinajstić information content (AvgIpc) is 2.74. The standard InChI is InChI=1S/C19H23ClN4O4S/c1-22(28-2)29(26,27)18-13-16(3-4-17(18)20)19(25)24-11-9-23(10-12-24)14-15-5-7-21-8-6-15/h3-8,13H,9-12,14H2,1-2H3. The lowest BCUT2D eigenvalue weighted by Gasteiger charge is -2.34. The third-order valence-electron chi connectivity index (χ3n) is 4.87. The minimum atomic E-state index is -3.95. The number of piperazine rings is 1. The fourth-order valence-electron chi connectivity index (χ4n) is 3.11. The van der Waals surface area contributed by atoms with Crippen LogP contribution in [0.3, 0.4) is 0 Å². The Bertz CT molecular complexity index is 963. The molecule has 0 radical (unpaired) electrons. The Kier molecular flexibility index (Phi) is 6.86. The Labute approximate surface area is 175 Å². The molecule has 29 heavy (non-hydrogen) atoms. The monoisotopic (exact) mass is 438 g/mol. The van der Waals surface area contributed by atoms with E-state index in [1.54, 1.807) is 23.4 Å². The van der Waals surface area contributed by atoms with Gasteiger partial charge in [0.15, 0.2) is 0 Å². The summed E-state index contributed by atoms with van der Waals surface area (Å²) >= 11 is 6.07. The molecule has 0 unspecified atom stereocenters. The lowest BCUT2D eigenvalue weighted by atomic mass is 10.1. The van der Waals surface area contributed by atoms with E-state index in [1.165, 1.54) is 31.9 Å². The van der Waals surface area contributed by atoms with Crippen LogP contribution in [0.1, 0.15) is 15.9 Å². The first-order valence-electron chi connectivity index (χ1n) is 9.06. The molecule has 2 aromatic rings. The van der Waals surface area contributed by atoms with Gasteiger partial charge in [-0.2, -0.15) is 0 Å². The summed E-state index contributed by atoms with van der Waals surface area (Å²) in [6.07, 6.45) is 3.53. The predicted molar refractivity (Wildman–Crippen MR) is 109 cm³/mol. The number of halogens is 1. The molecule has 0 aliphatic carbocycles. The van der Waals surface area contributed by atoms with E-state index in [0.29, 0.717) is 17.6 Å². The van der Waals surface area contributed by atoms with E-state index in [2.05, 4.69) is 9.88 Å². The minimum Gasteiger partial charge on any atom is -0.336 e. The van der Waals surface area contributed by atoms with E-state index in [9.17, 15) is 13.2 Å². The Balaban J connectivity index is 1.69. The van der Waals surface area contributed by atoms with Gasteiger partial charge in [0.2, 0.25) is 0 Å². The second kappa shape index (κ2) is 9.19. The molecule has 0 N–H and O–H groups in total. The van der Waals surface area contributed by atoms with Crippen LogP contribution < -0.4 is 0 Å². The topological polar surface area (TPSA) is 83.0 Å². The number of benzene rings is 1. The molecule has 0 bridgehead atoms. The number of carbonyl (C=O) groups excluding carboxylic acids is 1. The van der Waals surface area contributed by atoms with Crippen LogP contribution in [-0.2, 0) is 21.4 Å². The van der Waals surface area contributed by atoms with Gasteiger partial charge in [0.05, 0.1) is 12.1 Å². The van der Waals surface area contributed by atoms with Crippen molar-refractivity contribution in [3.05, 3.63) is 58.9 Å². The predicted octanol–water partition coefficient (Wildman–Crippen LogP) is 1.87. The van der Waals surface area contributed by atoms with Crippen molar-refractivity contribution in [3.63, 3.8) is 0 Å². The second-order valence-electron chi connectivity index (χ2n) is 6.67. The Morgan fingerprint density at radius 3 is 2.45 bits per heavy atom. The van der Waals surface area contributed by atoms with E-state index in [4.69, 9.17) is 16.4 Å². The molecule has 1 aromatic carbocycles.